The molecule has 0 aliphatic carbocycles. The predicted octanol–water partition coefficient (Wildman–Crippen LogP) is 2.62. The van der Waals surface area contributed by atoms with Crippen LogP contribution in [0.15, 0.2) is 0 Å². The van der Waals surface area contributed by atoms with Gasteiger partial charge in [-0.3, -0.25) is 4.79 Å². The Morgan fingerprint density at radius 2 is 2.06 bits per heavy atom. The molecule has 4 nitrogen and oxygen atoms in total. The standard InChI is InChI=1S/C9H9ClF3N3O/c1-5-15-7(10)6(4-17)8(16-5)14-3-2-9(11,12)13/h4H,2-3H2,1H3,(H,14,15,16). The molecule has 0 radical (unpaired) electrons. The number of nitrogens with zero attached hydrogens (tertiary/aromatic N) is 2. The topological polar surface area (TPSA) is 54.9 Å². The van der Waals surface area contributed by atoms with Gasteiger partial charge in [0.25, 0.3) is 0 Å². The Balaban J connectivity index is 2.80. The molecule has 1 heterocycles. The first-order valence-corrected chi connectivity index (χ1v) is 5.01. The number of aromatic nitrogens is 2. The molecule has 0 aromatic carbocycles. The van der Waals surface area contributed by atoms with Crippen LogP contribution in [0.1, 0.15) is 22.6 Å². The molecule has 1 N–H and O–H groups in total. The molecular weight excluding hydrogens is 259 g/mol. The van der Waals surface area contributed by atoms with E-state index in [0.29, 0.717) is 6.29 Å². The Labute approximate surface area is 100 Å². The summed E-state index contributed by atoms with van der Waals surface area (Å²) >= 11 is 5.66. The van der Waals surface area contributed by atoms with Crippen molar-refractivity contribution in [1.82, 2.24) is 9.97 Å². The van der Waals surface area contributed by atoms with E-state index in [1.165, 1.54) is 6.92 Å². The van der Waals surface area contributed by atoms with Crippen LogP contribution >= 0.6 is 11.6 Å². The number of aryl methyl sites for hydroxylation is 1. The number of anilines is 1. The lowest BCUT2D eigenvalue weighted by atomic mass is 10.3. The second kappa shape index (κ2) is 5.31. The highest BCUT2D eigenvalue weighted by Gasteiger charge is 2.26. The molecule has 1 rings (SSSR count). The van der Waals surface area contributed by atoms with Crippen LogP contribution in [0.3, 0.4) is 0 Å². The summed E-state index contributed by atoms with van der Waals surface area (Å²) in [5, 5.41) is 2.33. The molecular formula is C9H9ClF3N3O. The van der Waals surface area contributed by atoms with E-state index >= 15 is 0 Å². The van der Waals surface area contributed by atoms with Crippen molar-refractivity contribution >= 4 is 23.7 Å². The molecule has 0 bridgehead atoms. The number of carbonyl (C=O) groups excluding carboxylic acids is 1. The maximum Gasteiger partial charge on any atom is 0.390 e. The highest BCUT2D eigenvalue weighted by atomic mass is 35.5. The molecule has 0 atom stereocenters. The Hall–Kier alpha value is -1.37. The summed E-state index contributed by atoms with van der Waals surface area (Å²) < 4.78 is 35.8. The molecule has 0 saturated carbocycles. The van der Waals surface area contributed by atoms with Crippen molar-refractivity contribution in [2.24, 2.45) is 0 Å². The molecule has 0 aliphatic heterocycles. The third-order valence-corrected chi connectivity index (χ3v) is 2.12. The molecule has 0 fully saturated rings. The van der Waals surface area contributed by atoms with Crippen molar-refractivity contribution in [3.63, 3.8) is 0 Å². The summed E-state index contributed by atoms with van der Waals surface area (Å²) in [5.74, 6) is 0.289. The molecule has 0 unspecified atom stereocenters. The van der Waals surface area contributed by atoms with Crippen LogP contribution in [0.5, 0.6) is 0 Å². The van der Waals surface area contributed by atoms with Gasteiger partial charge in [0, 0.05) is 6.54 Å². The zero-order chi connectivity index (χ0) is 13.1. The fourth-order valence-corrected chi connectivity index (χ4v) is 1.37. The summed E-state index contributed by atoms with van der Waals surface area (Å²) in [6.45, 7) is 1.15. The number of alkyl halides is 3. The number of carbonyl (C=O) groups is 1. The van der Waals surface area contributed by atoms with Gasteiger partial charge < -0.3 is 5.32 Å². The largest absolute Gasteiger partial charge is 0.390 e. The lowest BCUT2D eigenvalue weighted by Crippen LogP contribution is -2.16. The van der Waals surface area contributed by atoms with Crippen molar-refractivity contribution in [3.05, 3.63) is 16.5 Å². The van der Waals surface area contributed by atoms with Crippen LogP contribution in [0.25, 0.3) is 0 Å². The van der Waals surface area contributed by atoms with E-state index < -0.39 is 12.6 Å². The first-order valence-electron chi connectivity index (χ1n) is 4.63. The van der Waals surface area contributed by atoms with Gasteiger partial charge in [0.15, 0.2) is 6.29 Å². The molecule has 17 heavy (non-hydrogen) atoms. The van der Waals surface area contributed by atoms with E-state index in [2.05, 4.69) is 15.3 Å². The third kappa shape index (κ3) is 4.18. The molecule has 1 aromatic heterocycles. The zero-order valence-corrected chi connectivity index (χ0v) is 9.56. The van der Waals surface area contributed by atoms with Gasteiger partial charge in [0.2, 0.25) is 0 Å². The number of aldehydes is 1. The van der Waals surface area contributed by atoms with Crippen molar-refractivity contribution in [1.29, 1.82) is 0 Å². The monoisotopic (exact) mass is 267 g/mol. The smallest absolute Gasteiger partial charge is 0.369 e. The van der Waals surface area contributed by atoms with Crippen LogP contribution in [0.2, 0.25) is 5.15 Å². The van der Waals surface area contributed by atoms with E-state index in [1.54, 1.807) is 0 Å². The first-order chi connectivity index (χ1) is 7.83. The number of hydrogen-bond acceptors (Lipinski definition) is 4. The van der Waals surface area contributed by atoms with Gasteiger partial charge in [-0.2, -0.15) is 13.2 Å². The Kier molecular flexibility index (Phi) is 4.28. The molecule has 0 aliphatic rings. The fourth-order valence-electron chi connectivity index (χ4n) is 1.11. The molecule has 8 heteroatoms. The molecule has 0 amide bonds. The van der Waals surface area contributed by atoms with E-state index in [-0.39, 0.29) is 28.9 Å². The molecule has 0 spiro atoms. The number of rotatable bonds is 4. The second-order valence-electron chi connectivity index (χ2n) is 3.23. The lowest BCUT2D eigenvalue weighted by molar-refractivity contribution is -0.131. The number of hydrogen-bond donors (Lipinski definition) is 1. The summed E-state index contributed by atoms with van der Waals surface area (Å²) in [5.41, 5.74) is -0.0422. The highest BCUT2D eigenvalue weighted by Crippen LogP contribution is 2.22. The molecule has 0 saturated heterocycles. The molecule has 94 valence electrons. The quantitative estimate of drug-likeness (QED) is 0.673. The summed E-state index contributed by atoms with van der Waals surface area (Å²) in [4.78, 5) is 18.2. The van der Waals surface area contributed by atoms with Crippen LogP contribution < -0.4 is 5.32 Å². The highest BCUT2D eigenvalue weighted by molar-refractivity contribution is 6.32. The Morgan fingerprint density at radius 1 is 1.41 bits per heavy atom. The van der Waals surface area contributed by atoms with Gasteiger partial charge in [-0.05, 0) is 6.92 Å². The van der Waals surface area contributed by atoms with Crippen LogP contribution in [0.4, 0.5) is 19.0 Å². The summed E-state index contributed by atoms with van der Waals surface area (Å²) in [6.07, 6.45) is -4.89. The van der Waals surface area contributed by atoms with Gasteiger partial charge >= 0.3 is 6.18 Å². The minimum atomic E-state index is -4.26. The maximum absolute atomic E-state index is 11.9. The fraction of sp³-hybridized carbons (Fsp3) is 0.444. The summed E-state index contributed by atoms with van der Waals surface area (Å²) in [6, 6.07) is 0. The SMILES string of the molecule is Cc1nc(Cl)c(C=O)c(NCCC(F)(F)F)n1. The van der Waals surface area contributed by atoms with Crippen LogP contribution in [0, 0.1) is 6.92 Å². The van der Waals surface area contributed by atoms with E-state index in [4.69, 9.17) is 11.6 Å². The summed E-state index contributed by atoms with van der Waals surface area (Å²) in [7, 11) is 0. The van der Waals surface area contributed by atoms with Crippen LogP contribution in [-0.2, 0) is 0 Å². The van der Waals surface area contributed by atoms with Crippen molar-refractivity contribution in [3.8, 4) is 0 Å². The zero-order valence-electron chi connectivity index (χ0n) is 8.81. The number of halogens is 4. The normalized spacial score (nSPS) is 11.4. The Bertz CT molecular complexity index is 423. The second-order valence-corrected chi connectivity index (χ2v) is 3.59. The predicted molar refractivity (Wildman–Crippen MR) is 56.3 cm³/mol. The van der Waals surface area contributed by atoms with Crippen molar-refractivity contribution in [2.45, 2.75) is 19.5 Å². The maximum atomic E-state index is 11.9. The van der Waals surface area contributed by atoms with E-state index in [0.717, 1.165) is 0 Å². The van der Waals surface area contributed by atoms with Gasteiger partial charge in [0.05, 0.1) is 12.0 Å². The minimum Gasteiger partial charge on any atom is -0.369 e. The minimum absolute atomic E-state index is 0.0155. The third-order valence-electron chi connectivity index (χ3n) is 1.83. The van der Waals surface area contributed by atoms with E-state index in [9.17, 15) is 18.0 Å². The van der Waals surface area contributed by atoms with Crippen LogP contribution in [-0.4, -0.2) is 29.0 Å². The van der Waals surface area contributed by atoms with Gasteiger partial charge in [-0.25, -0.2) is 9.97 Å². The van der Waals surface area contributed by atoms with E-state index in [1.807, 2.05) is 0 Å². The van der Waals surface area contributed by atoms with Gasteiger partial charge in [-0.1, -0.05) is 11.6 Å². The average Bonchev–Trinajstić information content (AvgIpc) is 2.14. The Morgan fingerprint density at radius 3 is 2.59 bits per heavy atom. The van der Waals surface area contributed by atoms with Crippen molar-refractivity contribution < 1.29 is 18.0 Å². The molecule has 1 aromatic rings. The van der Waals surface area contributed by atoms with Gasteiger partial charge in [0.1, 0.15) is 16.8 Å². The first kappa shape index (κ1) is 13.7. The number of nitrogens with one attached hydrogen (secondary N) is 1. The average molecular weight is 268 g/mol. The van der Waals surface area contributed by atoms with Crippen molar-refractivity contribution in [2.75, 3.05) is 11.9 Å². The lowest BCUT2D eigenvalue weighted by Gasteiger charge is -2.10. The van der Waals surface area contributed by atoms with Gasteiger partial charge in [-0.15, -0.1) is 0 Å².